The zero-order valence-corrected chi connectivity index (χ0v) is 16.3. The topological polar surface area (TPSA) is 196 Å². The van der Waals surface area contributed by atoms with Crippen LogP contribution in [0.4, 0.5) is 0 Å². The van der Waals surface area contributed by atoms with Crippen LogP contribution in [0.25, 0.3) is 0 Å². The Bertz CT molecular complexity index is 358. The lowest BCUT2D eigenvalue weighted by molar-refractivity contribution is -0.106. The predicted octanol–water partition coefficient (Wildman–Crippen LogP) is 0.869. The molecule has 0 aliphatic heterocycles. The van der Waals surface area contributed by atoms with Crippen LogP contribution in [0.1, 0.15) is 59.8 Å². The molecule has 0 heterocycles. The maximum Gasteiger partial charge on any atom is 0.466 e. The molecular formula is C12H32O10P2. The van der Waals surface area contributed by atoms with E-state index in [1.54, 1.807) is 0 Å². The second-order valence-corrected chi connectivity index (χ2v) is 7.28. The maximum atomic E-state index is 10.6. The Kier molecular flexibility index (Phi) is 15.0. The summed E-state index contributed by atoms with van der Waals surface area (Å²) in [4.78, 5) is 43.1. The molecule has 0 saturated heterocycles. The lowest BCUT2D eigenvalue weighted by atomic mass is 9.64. The first-order chi connectivity index (χ1) is 10.6. The van der Waals surface area contributed by atoms with E-state index in [0.29, 0.717) is 6.42 Å². The second-order valence-electron chi connectivity index (χ2n) is 5.23. The van der Waals surface area contributed by atoms with Gasteiger partial charge in [-0.25, -0.2) is 9.13 Å². The molecular weight excluding hydrogens is 366 g/mol. The molecule has 24 heavy (non-hydrogen) atoms. The highest BCUT2D eigenvalue weighted by Gasteiger charge is 2.44. The van der Waals surface area contributed by atoms with Gasteiger partial charge in [0.1, 0.15) is 0 Å². The molecule has 0 saturated carbocycles. The zero-order chi connectivity index (χ0) is 20.2. The van der Waals surface area contributed by atoms with Gasteiger partial charge in [0.05, 0.1) is 5.60 Å². The minimum Gasteiger partial charge on any atom is -0.396 e. The summed E-state index contributed by atoms with van der Waals surface area (Å²) in [7, 11) is -9.28. The van der Waals surface area contributed by atoms with Crippen LogP contribution in [0, 0.1) is 5.41 Å². The summed E-state index contributed by atoms with van der Waals surface area (Å²) in [5, 5.41) is 19.7. The summed E-state index contributed by atoms with van der Waals surface area (Å²) < 4.78 is 17.8. The van der Waals surface area contributed by atoms with Crippen molar-refractivity contribution in [3.63, 3.8) is 0 Å². The van der Waals surface area contributed by atoms with Crippen LogP contribution in [-0.2, 0) is 9.13 Å². The van der Waals surface area contributed by atoms with E-state index in [2.05, 4.69) is 13.8 Å². The molecule has 0 aliphatic rings. The number of rotatable bonds is 7. The van der Waals surface area contributed by atoms with Crippen molar-refractivity contribution in [3.8, 4) is 0 Å². The van der Waals surface area contributed by atoms with Crippen molar-refractivity contribution < 1.29 is 48.7 Å². The predicted molar refractivity (Wildman–Crippen MR) is 88.8 cm³/mol. The third-order valence-corrected chi connectivity index (χ3v) is 4.10. The van der Waals surface area contributed by atoms with Crippen molar-refractivity contribution >= 4 is 15.6 Å². The summed E-state index contributed by atoms with van der Waals surface area (Å²) in [6.07, 6.45) is 4.11. The molecule has 0 spiro atoms. The number of phosphoric acid groups is 2. The van der Waals surface area contributed by atoms with Gasteiger partial charge in [0, 0.05) is 12.0 Å². The summed E-state index contributed by atoms with van der Waals surface area (Å²) in [6.45, 7) is 8.44. The van der Waals surface area contributed by atoms with Gasteiger partial charge in [-0.1, -0.05) is 27.7 Å². The molecule has 0 atom stereocenters. The highest BCUT2D eigenvalue weighted by atomic mass is 31.2. The Morgan fingerprint density at radius 1 is 0.708 bits per heavy atom. The highest BCUT2D eigenvalue weighted by molar-refractivity contribution is 7.45. The highest BCUT2D eigenvalue weighted by Crippen LogP contribution is 2.45. The van der Waals surface area contributed by atoms with Gasteiger partial charge in [-0.05, 0) is 32.1 Å². The Morgan fingerprint density at radius 3 is 1.08 bits per heavy atom. The molecule has 10 nitrogen and oxygen atoms in total. The van der Waals surface area contributed by atoms with E-state index >= 15 is 0 Å². The average molecular weight is 398 g/mol. The van der Waals surface area contributed by atoms with Gasteiger partial charge < -0.3 is 39.6 Å². The average Bonchev–Trinajstić information content (AvgIpc) is 2.40. The first-order valence-corrected chi connectivity index (χ1v) is 10.6. The number of hydrogen-bond acceptors (Lipinski definition) is 4. The van der Waals surface area contributed by atoms with Crippen molar-refractivity contribution in [2.45, 2.75) is 65.4 Å². The van der Waals surface area contributed by atoms with E-state index in [1.165, 1.54) is 0 Å². The fraction of sp³-hybridized carbons (Fsp3) is 1.00. The molecule has 150 valence electrons. The molecule has 8 N–H and O–H groups in total. The fourth-order valence-corrected chi connectivity index (χ4v) is 2.71. The standard InChI is InChI=1S/C12H26O2.2H3O4P/c1-5-11(6-2,9-10-13)12(14,7-3)8-4;2*1-5(2,3)4/h13-14H,5-10H2,1-4H3;2*(H3,1,2,3,4). The minimum absolute atomic E-state index is 0.106. The van der Waals surface area contributed by atoms with Gasteiger partial charge in [-0.3, -0.25) is 0 Å². The van der Waals surface area contributed by atoms with E-state index in [1.807, 2.05) is 13.8 Å². The van der Waals surface area contributed by atoms with E-state index in [0.717, 1.165) is 25.7 Å². The van der Waals surface area contributed by atoms with Crippen LogP contribution in [0.5, 0.6) is 0 Å². The third-order valence-electron chi connectivity index (χ3n) is 4.10. The number of aliphatic hydroxyl groups is 2. The molecule has 0 amide bonds. The SMILES string of the molecule is CCC(O)(CC)C(CC)(CC)CCO.O=P(O)(O)O.O=P(O)(O)O. The molecule has 0 bridgehead atoms. The molecule has 0 aromatic rings. The molecule has 0 aliphatic carbocycles. The van der Waals surface area contributed by atoms with Crippen molar-refractivity contribution in [2.75, 3.05) is 6.61 Å². The fourth-order valence-electron chi connectivity index (χ4n) is 2.71. The van der Waals surface area contributed by atoms with Gasteiger partial charge in [0.15, 0.2) is 0 Å². The summed E-state index contributed by atoms with van der Waals surface area (Å²) in [5.74, 6) is 0. The van der Waals surface area contributed by atoms with Gasteiger partial charge in [-0.2, -0.15) is 0 Å². The molecule has 0 aromatic carbocycles. The van der Waals surface area contributed by atoms with Gasteiger partial charge in [-0.15, -0.1) is 0 Å². The molecule has 0 rings (SSSR count). The molecule has 0 unspecified atom stereocenters. The van der Waals surface area contributed by atoms with E-state index in [4.69, 9.17) is 43.6 Å². The first-order valence-electron chi connectivity index (χ1n) is 7.45. The first kappa shape index (κ1) is 28.9. The smallest absolute Gasteiger partial charge is 0.396 e. The van der Waals surface area contributed by atoms with E-state index in [9.17, 15) is 5.11 Å². The Balaban J connectivity index is -0.000000361. The van der Waals surface area contributed by atoms with Crippen LogP contribution in [0.2, 0.25) is 0 Å². The van der Waals surface area contributed by atoms with Crippen LogP contribution in [0.15, 0.2) is 0 Å². The Hall–Kier alpha value is 0.140. The molecule has 0 fully saturated rings. The maximum absolute atomic E-state index is 10.6. The van der Waals surface area contributed by atoms with Gasteiger partial charge >= 0.3 is 15.6 Å². The van der Waals surface area contributed by atoms with Crippen LogP contribution >= 0.6 is 15.6 Å². The van der Waals surface area contributed by atoms with Crippen molar-refractivity contribution in [2.24, 2.45) is 5.41 Å². The summed E-state index contributed by atoms with van der Waals surface area (Å²) >= 11 is 0. The van der Waals surface area contributed by atoms with Crippen molar-refractivity contribution in [1.29, 1.82) is 0 Å². The van der Waals surface area contributed by atoms with Crippen molar-refractivity contribution in [1.82, 2.24) is 0 Å². The summed E-state index contributed by atoms with van der Waals surface area (Å²) in [6, 6.07) is 0. The normalized spacial score (nSPS) is 12.7. The molecule has 0 radical (unpaired) electrons. The third kappa shape index (κ3) is 15.7. The van der Waals surface area contributed by atoms with Crippen LogP contribution < -0.4 is 0 Å². The summed E-state index contributed by atoms with van der Waals surface area (Å²) in [5.41, 5.74) is -0.718. The zero-order valence-electron chi connectivity index (χ0n) is 14.5. The van der Waals surface area contributed by atoms with E-state index < -0.39 is 21.2 Å². The monoisotopic (exact) mass is 398 g/mol. The number of hydrogen-bond donors (Lipinski definition) is 8. The van der Waals surface area contributed by atoms with E-state index in [-0.39, 0.29) is 12.0 Å². The van der Waals surface area contributed by atoms with Gasteiger partial charge in [0.25, 0.3) is 0 Å². The van der Waals surface area contributed by atoms with Crippen LogP contribution in [0.3, 0.4) is 0 Å². The van der Waals surface area contributed by atoms with Crippen LogP contribution in [-0.4, -0.2) is 51.8 Å². The Morgan fingerprint density at radius 2 is 0.958 bits per heavy atom. The lowest BCUT2D eigenvalue weighted by Gasteiger charge is -2.46. The minimum atomic E-state index is -4.64. The Labute approximate surface area is 142 Å². The molecule has 0 aromatic heterocycles. The largest absolute Gasteiger partial charge is 0.466 e. The lowest BCUT2D eigenvalue weighted by Crippen LogP contribution is -2.47. The quantitative estimate of drug-likeness (QED) is 0.285. The van der Waals surface area contributed by atoms with Crippen molar-refractivity contribution in [3.05, 3.63) is 0 Å². The van der Waals surface area contributed by atoms with Gasteiger partial charge in [0.2, 0.25) is 0 Å². The molecule has 12 heteroatoms. The number of aliphatic hydroxyl groups excluding tert-OH is 1. The second kappa shape index (κ2) is 12.5.